The van der Waals surface area contributed by atoms with Gasteiger partial charge in [0.15, 0.2) is 0 Å². The van der Waals surface area contributed by atoms with Gasteiger partial charge in [-0.25, -0.2) is 15.4 Å². The molecule has 1 aromatic carbocycles. The number of nitrogens with one attached hydrogen (secondary N) is 1. The molecule has 0 saturated carbocycles. The Bertz CT molecular complexity index is 622. The summed E-state index contributed by atoms with van der Waals surface area (Å²) in [6.45, 7) is 10.2. The standard InChI is InChI=1S/C17H22N4/c1-11(2)15-6-8-16(9-7-15)14(5)20-21-17-18-12(3)10-13(4)19-17/h6-11H,1-5H3,(H,18,19,21). The Morgan fingerprint density at radius 2 is 1.62 bits per heavy atom. The number of anilines is 1. The molecule has 1 heterocycles. The topological polar surface area (TPSA) is 50.2 Å². The summed E-state index contributed by atoms with van der Waals surface area (Å²) in [7, 11) is 0. The molecule has 21 heavy (non-hydrogen) atoms. The second-order valence-corrected chi connectivity index (χ2v) is 5.56. The molecule has 0 radical (unpaired) electrons. The predicted octanol–water partition coefficient (Wildman–Crippen LogP) is 4.05. The number of benzene rings is 1. The van der Waals surface area contributed by atoms with E-state index in [1.807, 2.05) is 26.8 Å². The van der Waals surface area contributed by atoms with Crippen molar-refractivity contribution < 1.29 is 0 Å². The molecule has 4 nitrogen and oxygen atoms in total. The Balaban J connectivity index is 2.13. The van der Waals surface area contributed by atoms with E-state index in [-0.39, 0.29) is 0 Å². The van der Waals surface area contributed by atoms with Crippen molar-refractivity contribution in [1.29, 1.82) is 0 Å². The van der Waals surface area contributed by atoms with Crippen molar-refractivity contribution in [3.63, 3.8) is 0 Å². The van der Waals surface area contributed by atoms with Crippen LogP contribution in [-0.2, 0) is 0 Å². The van der Waals surface area contributed by atoms with Crippen LogP contribution in [-0.4, -0.2) is 15.7 Å². The summed E-state index contributed by atoms with van der Waals surface area (Å²) in [5.41, 5.74) is 8.12. The lowest BCUT2D eigenvalue weighted by Gasteiger charge is -2.07. The fourth-order valence-electron chi connectivity index (χ4n) is 2.08. The highest BCUT2D eigenvalue weighted by molar-refractivity contribution is 5.99. The van der Waals surface area contributed by atoms with Crippen molar-refractivity contribution in [2.45, 2.75) is 40.5 Å². The van der Waals surface area contributed by atoms with E-state index in [0.717, 1.165) is 22.7 Å². The van der Waals surface area contributed by atoms with Crippen LogP contribution < -0.4 is 5.43 Å². The first-order valence-electron chi connectivity index (χ1n) is 7.18. The van der Waals surface area contributed by atoms with Crippen LogP contribution in [0.3, 0.4) is 0 Å². The lowest BCUT2D eigenvalue weighted by molar-refractivity contribution is 0.866. The zero-order valence-electron chi connectivity index (χ0n) is 13.3. The second-order valence-electron chi connectivity index (χ2n) is 5.56. The summed E-state index contributed by atoms with van der Waals surface area (Å²) < 4.78 is 0. The molecule has 2 rings (SSSR count). The van der Waals surface area contributed by atoms with Gasteiger partial charge in [0.2, 0.25) is 5.95 Å². The molecule has 0 spiro atoms. The first kappa shape index (κ1) is 15.2. The van der Waals surface area contributed by atoms with E-state index in [1.54, 1.807) is 0 Å². The summed E-state index contributed by atoms with van der Waals surface area (Å²) in [4.78, 5) is 8.62. The largest absolute Gasteiger partial charge is 0.245 e. The quantitative estimate of drug-likeness (QED) is 0.679. The fourth-order valence-corrected chi connectivity index (χ4v) is 2.08. The number of nitrogens with zero attached hydrogens (tertiary/aromatic N) is 3. The number of rotatable bonds is 4. The van der Waals surface area contributed by atoms with Gasteiger partial charge < -0.3 is 0 Å². The van der Waals surface area contributed by atoms with Crippen LogP contribution >= 0.6 is 0 Å². The predicted molar refractivity (Wildman–Crippen MR) is 87.9 cm³/mol. The Hall–Kier alpha value is -2.23. The molecule has 2 aromatic rings. The van der Waals surface area contributed by atoms with E-state index in [0.29, 0.717) is 11.9 Å². The van der Waals surface area contributed by atoms with Crippen molar-refractivity contribution in [2.75, 3.05) is 5.43 Å². The molecule has 110 valence electrons. The normalized spacial score (nSPS) is 11.8. The van der Waals surface area contributed by atoms with Crippen LogP contribution in [0.25, 0.3) is 0 Å². The Kier molecular flexibility index (Phi) is 4.68. The third-order valence-electron chi connectivity index (χ3n) is 3.30. The maximum atomic E-state index is 4.36. The zero-order chi connectivity index (χ0) is 15.4. The molecule has 4 heteroatoms. The van der Waals surface area contributed by atoms with Crippen LogP contribution in [0.2, 0.25) is 0 Å². The summed E-state index contributed by atoms with van der Waals surface area (Å²) in [5.74, 6) is 1.07. The van der Waals surface area contributed by atoms with Gasteiger partial charge in [-0.3, -0.25) is 0 Å². The third-order valence-corrected chi connectivity index (χ3v) is 3.30. The van der Waals surface area contributed by atoms with E-state index in [4.69, 9.17) is 0 Å². The maximum Gasteiger partial charge on any atom is 0.243 e. The first-order valence-corrected chi connectivity index (χ1v) is 7.18. The summed E-state index contributed by atoms with van der Waals surface area (Å²) >= 11 is 0. The number of hydrogen-bond acceptors (Lipinski definition) is 4. The van der Waals surface area contributed by atoms with Gasteiger partial charge >= 0.3 is 0 Å². The number of hydrazone groups is 1. The number of aryl methyl sites for hydroxylation is 2. The average Bonchev–Trinajstić information content (AvgIpc) is 2.44. The minimum Gasteiger partial charge on any atom is -0.245 e. The molecule has 0 unspecified atom stereocenters. The monoisotopic (exact) mass is 282 g/mol. The summed E-state index contributed by atoms with van der Waals surface area (Å²) in [6, 6.07) is 10.4. The van der Waals surface area contributed by atoms with Crippen molar-refractivity contribution >= 4 is 11.7 Å². The van der Waals surface area contributed by atoms with Crippen molar-refractivity contribution in [3.05, 3.63) is 52.8 Å². The van der Waals surface area contributed by atoms with Crippen LogP contribution in [0.4, 0.5) is 5.95 Å². The maximum absolute atomic E-state index is 4.36. The van der Waals surface area contributed by atoms with E-state index in [9.17, 15) is 0 Å². The second kappa shape index (κ2) is 6.48. The van der Waals surface area contributed by atoms with Gasteiger partial charge in [0.1, 0.15) is 0 Å². The number of aromatic nitrogens is 2. The van der Waals surface area contributed by atoms with Crippen LogP contribution in [0.5, 0.6) is 0 Å². The smallest absolute Gasteiger partial charge is 0.243 e. The van der Waals surface area contributed by atoms with Gasteiger partial charge in [0.25, 0.3) is 0 Å². The zero-order valence-corrected chi connectivity index (χ0v) is 13.3. The van der Waals surface area contributed by atoms with E-state index in [2.05, 4.69) is 58.6 Å². The van der Waals surface area contributed by atoms with Crippen LogP contribution in [0.1, 0.15) is 49.2 Å². The van der Waals surface area contributed by atoms with Crippen molar-refractivity contribution in [1.82, 2.24) is 9.97 Å². The minimum atomic E-state index is 0.533. The van der Waals surface area contributed by atoms with Crippen LogP contribution in [0.15, 0.2) is 35.4 Å². The van der Waals surface area contributed by atoms with Crippen molar-refractivity contribution in [2.24, 2.45) is 5.10 Å². The van der Waals surface area contributed by atoms with Gasteiger partial charge in [-0.05, 0) is 43.9 Å². The molecule has 0 saturated heterocycles. The van der Waals surface area contributed by atoms with E-state index in [1.165, 1.54) is 5.56 Å². The van der Waals surface area contributed by atoms with Gasteiger partial charge in [-0.15, -0.1) is 0 Å². The highest BCUT2D eigenvalue weighted by atomic mass is 15.4. The molecule has 0 bridgehead atoms. The Labute approximate surface area is 126 Å². The lowest BCUT2D eigenvalue weighted by Crippen LogP contribution is -2.04. The van der Waals surface area contributed by atoms with Crippen LogP contribution in [0, 0.1) is 13.8 Å². The third kappa shape index (κ3) is 4.12. The fraction of sp³-hybridized carbons (Fsp3) is 0.353. The van der Waals surface area contributed by atoms with E-state index < -0.39 is 0 Å². The summed E-state index contributed by atoms with van der Waals surface area (Å²) in [6.07, 6.45) is 0. The molecule has 0 aliphatic carbocycles. The Morgan fingerprint density at radius 1 is 1.05 bits per heavy atom. The molecular formula is C17H22N4. The Morgan fingerprint density at radius 3 is 2.14 bits per heavy atom. The van der Waals surface area contributed by atoms with Gasteiger partial charge in [0.05, 0.1) is 5.71 Å². The highest BCUT2D eigenvalue weighted by Crippen LogP contribution is 2.15. The molecule has 0 aliphatic heterocycles. The molecule has 1 N–H and O–H groups in total. The lowest BCUT2D eigenvalue weighted by atomic mass is 10.0. The molecular weight excluding hydrogens is 260 g/mol. The SMILES string of the molecule is CC(=NNc1nc(C)cc(C)n1)c1ccc(C(C)C)cc1. The molecule has 0 aliphatic rings. The van der Waals surface area contributed by atoms with Crippen molar-refractivity contribution in [3.8, 4) is 0 Å². The minimum absolute atomic E-state index is 0.533. The first-order chi connectivity index (χ1) is 9.95. The number of hydrogen-bond donors (Lipinski definition) is 1. The van der Waals surface area contributed by atoms with Gasteiger partial charge in [-0.1, -0.05) is 38.1 Å². The average molecular weight is 282 g/mol. The molecule has 0 amide bonds. The highest BCUT2D eigenvalue weighted by Gasteiger charge is 2.02. The summed E-state index contributed by atoms with van der Waals surface area (Å²) in [5, 5.41) is 4.36. The molecule has 0 atom stereocenters. The van der Waals surface area contributed by atoms with E-state index >= 15 is 0 Å². The van der Waals surface area contributed by atoms with Gasteiger partial charge in [0, 0.05) is 11.4 Å². The molecule has 1 aromatic heterocycles. The van der Waals surface area contributed by atoms with Gasteiger partial charge in [-0.2, -0.15) is 5.10 Å². The molecule has 0 fully saturated rings.